The Morgan fingerprint density at radius 2 is 1.94 bits per heavy atom. The number of benzene rings is 1. The lowest BCUT2D eigenvalue weighted by Gasteiger charge is -2.18. The van der Waals surface area contributed by atoms with Gasteiger partial charge in [0.15, 0.2) is 0 Å². The summed E-state index contributed by atoms with van der Waals surface area (Å²) in [5.41, 5.74) is -1.22. The highest BCUT2D eigenvalue weighted by molar-refractivity contribution is 5.88. The largest absolute Gasteiger partial charge is 0.478 e. The number of hydrogen-bond donors (Lipinski definition) is 4. The van der Waals surface area contributed by atoms with Crippen molar-refractivity contribution in [3.05, 3.63) is 34.9 Å². The van der Waals surface area contributed by atoms with Crippen molar-refractivity contribution in [2.24, 2.45) is 0 Å². The molecule has 0 aliphatic heterocycles. The second-order valence-corrected chi connectivity index (χ2v) is 3.73. The van der Waals surface area contributed by atoms with Crippen LogP contribution < -0.4 is 5.32 Å². The maximum absolute atomic E-state index is 13.4. The number of aromatic carboxylic acids is 1. The number of carboxylic acids is 1. The molecule has 0 fully saturated rings. The number of aliphatic hydroxyl groups is 2. The van der Waals surface area contributed by atoms with Gasteiger partial charge in [-0.25, -0.2) is 13.6 Å². The molecule has 0 aromatic heterocycles. The van der Waals surface area contributed by atoms with Gasteiger partial charge < -0.3 is 20.6 Å². The lowest BCUT2D eigenvalue weighted by Crippen LogP contribution is -2.30. The van der Waals surface area contributed by atoms with E-state index in [0.717, 1.165) is 0 Å². The van der Waals surface area contributed by atoms with E-state index < -0.39 is 40.9 Å². The molecule has 0 bridgehead atoms. The Hall–Kier alpha value is -1.57. The van der Waals surface area contributed by atoms with Gasteiger partial charge in [0.05, 0.1) is 11.7 Å². The van der Waals surface area contributed by atoms with Crippen LogP contribution in [-0.2, 0) is 0 Å². The van der Waals surface area contributed by atoms with E-state index in [0.29, 0.717) is 12.1 Å². The van der Waals surface area contributed by atoms with Crippen molar-refractivity contribution in [1.29, 1.82) is 0 Å². The summed E-state index contributed by atoms with van der Waals surface area (Å²) in [6, 6.07) is 1.05. The molecule has 0 aliphatic carbocycles. The zero-order chi connectivity index (χ0) is 13.9. The number of hydrogen-bond acceptors (Lipinski definition) is 4. The van der Waals surface area contributed by atoms with Gasteiger partial charge in [0.1, 0.15) is 17.7 Å². The standard InChI is InChI=1S/C11H13F2NO4/c1-14-4-9(15)10(16)5-2-6(11(17)18)8(13)3-7(5)12/h2-3,9-10,14-16H,4H2,1H3,(H,17,18). The van der Waals surface area contributed by atoms with Crippen molar-refractivity contribution < 1.29 is 28.9 Å². The Bertz CT molecular complexity index is 453. The van der Waals surface area contributed by atoms with Gasteiger partial charge in [0.25, 0.3) is 0 Å². The molecule has 0 saturated carbocycles. The minimum Gasteiger partial charge on any atom is -0.478 e. The first-order valence-corrected chi connectivity index (χ1v) is 5.11. The Labute approximate surface area is 102 Å². The summed E-state index contributed by atoms with van der Waals surface area (Å²) in [7, 11) is 1.51. The number of halogens is 2. The molecule has 0 saturated heterocycles. The molecule has 0 radical (unpaired) electrons. The van der Waals surface area contributed by atoms with E-state index in [1.165, 1.54) is 7.05 Å². The summed E-state index contributed by atoms with van der Waals surface area (Å²) >= 11 is 0. The van der Waals surface area contributed by atoms with Crippen molar-refractivity contribution in [2.45, 2.75) is 12.2 Å². The highest BCUT2D eigenvalue weighted by Crippen LogP contribution is 2.23. The van der Waals surface area contributed by atoms with Crippen LogP contribution >= 0.6 is 0 Å². The Morgan fingerprint density at radius 1 is 1.33 bits per heavy atom. The molecule has 0 heterocycles. The smallest absolute Gasteiger partial charge is 0.338 e. The maximum atomic E-state index is 13.4. The summed E-state index contributed by atoms with van der Waals surface area (Å²) in [4.78, 5) is 10.7. The Balaban J connectivity index is 3.15. The lowest BCUT2D eigenvalue weighted by molar-refractivity contribution is 0.0180. The minimum absolute atomic E-state index is 0.0274. The number of aliphatic hydroxyl groups excluding tert-OH is 2. The quantitative estimate of drug-likeness (QED) is 0.611. The van der Waals surface area contributed by atoms with Crippen LogP contribution in [-0.4, -0.2) is 41.0 Å². The number of nitrogens with one attached hydrogen (secondary N) is 1. The second kappa shape index (κ2) is 5.85. The molecule has 1 aromatic carbocycles. The van der Waals surface area contributed by atoms with Gasteiger partial charge in [0.2, 0.25) is 0 Å². The average Bonchev–Trinajstić information content (AvgIpc) is 2.28. The highest BCUT2D eigenvalue weighted by atomic mass is 19.1. The third-order valence-electron chi connectivity index (χ3n) is 2.41. The lowest BCUT2D eigenvalue weighted by atomic mass is 10.0. The van der Waals surface area contributed by atoms with Gasteiger partial charge in [-0.1, -0.05) is 0 Å². The molecule has 0 amide bonds. The summed E-state index contributed by atoms with van der Waals surface area (Å²) in [6.45, 7) is -0.0274. The first kappa shape index (κ1) is 14.5. The van der Waals surface area contributed by atoms with Crippen LogP contribution in [0.5, 0.6) is 0 Å². The predicted molar refractivity (Wildman–Crippen MR) is 58.2 cm³/mol. The fourth-order valence-electron chi connectivity index (χ4n) is 1.48. The van der Waals surface area contributed by atoms with Gasteiger partial charge in [-0.3, -0.25) is 0 Å². The molecule has 2 atom stereocenters. The van der Waals surface area contributed by atoms with Crippen LogP contribution in [0.15, 0.2) is 12.1 Å². The maximum Gasteiger partial charge on any atom is 0.338 e. The van der Waals surface area contributed by atoms with Crippen LogP contribution in [0.1, 0.15) is 22.0 Å². The van der Waals surface area contributed by atoms with Gasteiger partial charge >= 0.3 is 5.97 Å². The molecule has 1 rings (SSSR count). The van der Waals surface area contributed by atoms with Crippen molar-refractivity contribution >= 4 is 5.97 Å². The van der Waals surface area contributed by atoms with Crippen molar-refractivity contribution in [3.63, 3.8) is 0 Å². The van der Waals surface area contributed by atoms with E-state index in [1.54, 1.807) is 0 Å². The SMILES string of the molecule is CNCC(O)C(O)c1cc(C(=O)O)c(F)cc1F. The predicted octanol–water partition coefficient (Wildman–Crippen LogP) is 0.277. The molecule has 100 valence electrons. The first-order chi connectivity index (χ1) is 8.38. The zero-order valence-electron chi connectivity index (χ0n) is 9.52. The average molecular weight is 261 g/mol. The number of likely N-dealkylation sites (N-methyl/N-ethyl adjacent to an activating group) is 1. The van der Waals surface area contributed by atoms with E-state index in [2.05, 4.69) is 5.32 Å². The molecule has 0 spiro atoms. The topological polar surface area (TPSA) is 89.8 Å². The van der Waals surface area contributed by atoms with Crippen LogP contribution in [0.25, 0.3) is 0 Å². The summed E-state index contributed by atoms with van der Waals surface area (Å²) in [5.74, 6) is -3.93. The molecule has 5 nitrogen and oxygen atoms in total. The summed E-state index contributed by atoms with van der Waals surface area (Å²) < 4.78 is 26.5. The summed E-state index contributed by atoms with van der Waals surface area (Å²) in [5, 5.41) is 30.4. The normalized spacial score (nSPS) is 14.3. The van der Waals surface area contributed by atoms with Crippen molar-refractivity contribution in [3.8, 4) is 0 Å². The van der Waals surface area contributed by atoms with Gasteiger partial charge in [-0.05, 0) is 13.1 Å². The van der Waals surface area contributed by atoms with E-state index in [-0.39, 0.29) is 6.54 Å². The molecule has 7 heteroatoms. The molecule has 1 aromatic rings. The zero-order valence-corrected chi connectivity index (χ0v) is 9.52. The van der Waals surface area contributed by atoms with Gasteiger partial charge in [-0.2, -0.15) is 0 Å². The number of rotatable bonds is 5. The molecular formula is C11H13F2NO4. The Morgan fingerprint density at radius 3 is 2.44 bits per heavy atom. The fraction of sp³-hybridized carbons (Fsp3) is 0.364. The monoisotopic (exact) mass is 261 g/mol. The second-order valence-electron chi connectivity index (χ2n) is 3.73. The van der Waals surface area contributed by atoms with Gasteiger partial charge in [-0.15, -0.1) is 0 Å². The Kier molecular flexibility index (Phi) is 4.71. The molecular weight excluding hydrogens is 248 g/mol. The third kappa shape index (κ3) is 3.00. The van der Waals surface area contributed by atoms with Gasteiger partial charge in [0, 0.05) is 18.2 Å². The van der Waals surface area contributed by atoms with Crippen LogP contribution in [0.4, 0.5) is 8.78 Å². The van der Waals surface area contributed by atoms with E-state index in [1.807, 2.05) is 0 Å². The van der Waals surface area contributed by atoms with Crippen LogP contribution in [0.3, 0.4) is 0 Å². The van der Waals surface area contributed by atoms with Crippen molar-refractivity contribution in [1.82, 2.24) is 5.32 Å². The summed E-state index contributed by atoms with van der Waals surface area (Å²) in [6.07, 6.45) is -2.98. The van der Waals surface area contributed by atoms with E-state index in [9.17, 15) is 23.8 Å². The number of carboxylic acid groups (broad SMARTS) is 1. The molecule has 2 unspecified atom stereocenters. The molecule has 18 heavy (non-hydrogen) atoms. The van der Waals surface area contributed by atoms with E-state index >= 15 is 0 Å². The van der Waals surface area contributed by atoms with Crippen LogP contribution in [0.2, 0.25) is 0 Å². The number of carbonyl (C=O) groups is 1. The fourth-order valence-corrected chi connectivity index (χ4v) is 1.48. The third-order valence-corrected chi connectivity index (χ3v) is 2.41. The molecule has 4 N–H and O–H groups in total. The minimum atomic E-state index is -1.64. The van der Waals surface area contributed by atoms with Crippen molar-refractivity contribution in [2.75, 3.05) is 13.6 Å². The van der Waals surface area contributed by atoms with Crippen LogP contribution in [0, 0.1) is 11.6 Å². The molecule has 0 aliphatic rings. The first-order valence-electron chi connectivity index (χ1n) is 5.11. The highest BCUT2D eigenvalue weighted by Gasteiger charge is 2.24. The van der Waals surface area contributed by atoms with E-state index in [4.69, 9.17) is 5.11 Å².